The first-order valence-electron chi connectivity index (χ1n) is 12.7. The number of rotatable bonds is 11. The third-order valence-corrected chi connectivity index (χ3v) is 6.41. The summed E-state index contributed by atoms with van der Waals surface area (Å²) in [7, 11) is 2.70. The third-order valence-electron chi connectivity index (χ3n) is 6.16. The highest BCUT2D eigenvalue weighted by molar-refractivity contribution is 6.30. The summed E-state index contributed by atoms with van der Waals surface area (Å²) in [4.78, 5) is 36.7. The second-order valence-corrected chi connectivity index (χ2v) is 9.47. The maximum Gasteiger partial charge on any atom is 0.337 e. The maximum absolute atomic E-state index is 12.4. The standard InChI is InChI=1S/C30H29ClN4O7/c1-18-27(29(37)40-3)28(34-30(38)33-18)21-8-13-24(25(14-21)39-2)42-17-26(36)35-32-15-19-6-11-23(12-7-19)41-16-20-4-9-22(31)10-5-20/h4-15,28H,16-17H2,1-3H3,(H,35,36)(H2,33,34,38)/b32-15-/t28-/m1/s1. The van der Waals surface area contributed by atoms with Crippen LogP contribution in [0.15, 0.2) is 83.1 Å². The van der Waals surface area contributed by atoms with Crippen LogP contribution in [0.3, 0.4) is 0 Å². The van der Waals surface area contributed by atoms with Gasteiger partial charge in [-0.2, -0.15) is 5.10 Å². The van der Waals surface area contributed by atoms with Crippen molar-refractivity contribution in [3.8, 4) is 17.2 Å². The molecule has 1 aliphatic rings. The predicted octanol–water partition coefficient (Wildman–Crippen LogP) is 4.26. The summed E-state index contributed by atoms with van der Waals surface area (Å²) in [6.07, 6.45) is 1.50. The van der Waals surface area contributed by atoms with Crippen LogP contribution in [0.5, 0.6) is 17.2 Å². The second kappa shape index (κ2) is 14.0. The minimum atomic E-state index is -0.768. The van der Waals surface area contributed by atoms with E-state index < -0.39 is 23.9 Å². The lowest BCUT2D eigenvalue weighted by Crippen LogP contribution is -2.45. The molecular weight excluding hydrogens is 564 g/mol. The Hall–Kier alpha value is -5.03. The number of carbonyl (C=O) groups excluding carboxylic acids is 3. The van der Waals surface area contributed by atoms with Crippen LogP contribution in [-0.4, -0.2) is 44.9 Å². The van der Waals surface area contributed by atoms with Crippen LogP contribution in [0.25, 0.3) is 0 Å². The Bertz CT molecular complexity index is 1510. The number of halogens is 1. The van der Waals surface area contributed by atoms with Gasteiger partial charge in [0, 0.05) is 10.7 Å². The summed E-state index contributed by atoms with van der Waals surface area (Å²) in [6.45, 7) is 1.69. The Morgan fingerprint density at radius 2 is 1.74 bits per heavy atom. The third kappa shape index (κ3) is 7.79. The smallest absolute Gasteiger partial charge is 0.337 e. The first-order chi connectivity index (χ1) is 20.3. The van der Waals surface area contributed by atoms with E-state index in [1.54, 1.807) is 37.3 Å². The van der Waals surface area contributed by atoms with Gasteiger partial charge in [-0.05, 0) is 72.1 Å². The Morgan fingerprint density at radius 3 is 2.43 bits per heavy atom. The quantitative estimate of drug-likeness (QED) is 0.172. The molecule has 0 saturated heterocycles. The SMILES string of the molecule is COC(=O)C1=C(C)NC(=O)N[C@@H]1c1ccc(OCC(=O)N/N=C\c2ccc(OCc3ccc(Cl)cc3)cc2)c(OC)c1. The van der Waals surface area contributed by atoms with E-state index in [9.17, 15) is 14.4 Å². The number of hydrogen-bond donors (Lipinski definition) is 3. The molecule has 3 N–H and O–H groups in total. The number of urea groups is 1. The predicted molar refractivity (Wildman–Crippen MR) is 156 cm³/mol. The average Bonchev–Trinajstić information content (AvgIpc) is 2.99. The number of esters is 1. The van der Waals surface area contributed by atoms with Crippen LogP contribution in [-0.2, 0) is 20.9 Å². The first-order valence-corrected chi connectivity index (χ1v) is 13.1. The number of allylic oxidation sites excluding steroid dienone is 1. The largest absolute Gasteiger partial charge is 0.493 e. The van der Waals surface area contributed by atoms with E-state index in [1.807, 2.05) is 36.4 Å². The Kier molecular flexibility index (Phi) is 10.0. The second-order valence-electron chi connectivity index (χ2n) is 9.04. The van der Waals surface area contributed by atoms with Crippen molar-refractivity contribution in [1.29, 1.82) is 0 Å². The van der Waals surface area contributed by atoms with Crippen molar-refractivity contribution in [2.45, 2.75) is 19.6 Å². The normalized spacial score (nSPS) is 14.6. The van der Waals surface area contributed by atoms with E-state index in [4.69, 9.17) is 30.5 Å². The molecule has 3 aromatic rings. The lowest BCUT2D eigenvalue weighted by atomic mass is 9.95. The fourth-order valence-electron chi connectivity index (χ4n) is 4.06. The molecule has 12 heteroatoms. The van der Waals surface area contributed by atoms with E-state index in [-0.39, 0.29) is 17.9 Å². The topological polar surface area (TPSA) is 137 Å². The number of amides is 3. The summed E-state index contributed by atoms with van der Waals surface area (Å²) >= 11 is 5.90. The molecule has 1 heterocycles. The molecule has 0 aliphatic carbocycles. The van der Waals surface area contributed by atoms with Gasteiger partial charge in [0.1, 0.15) is 12.4 Å². The highest BCUT2D eigenvalue weighted by Crippen LogP contribution is 2.34. The van der Waals surface area contributed by atoms with Crippen molar-refractivity contribution in [2.24, 2.45) is 5.10 Å². The molecule has 0 bridgehead atoms. The van der Waals surface area contributed by atoms with Crippen LogP contribution in [0.2, 0.25) is 5.02 Å². The molecule has 42 heavy (non-hydrogen) atoms. The maximum atomic E-state index is 12.4. The first kappa shape index (κ1) is 29.9. The summed E-state index contributed by atoms with van der Waals surface area (Å²) < 4.78 is 21.7. The van der Waals surface area contributed by atoms with Gasteiger partial charge in [-0.25, -0.2) is 15.0 Å². The molecule has 0 fully saturated rings. The molecule has 11 nitrogen and oxygen atoms in total. The number of benzene rings is 3. The molecule has 0 saturated carbocycles. The molecular formula is C30H29ClN4O7. The minimum absolute atomic E-state index is 0.255. The summed E-state index contributed by atoms with van der Waals surface area (Å²) in [5.41, 5.74) is 5.36. The monoisotopic (exact) mass is 592 g/mol. The minimum Gasteiger partial charge on any atom is -0.493 e. The van der Waals surface area contributed by atoms with Crippen molar-refractivity contribution < 1.29 is 33.3 Å². The van der Waals surface area contributed by atoms with Gasteiger partial charge in [0.2, 0.25) is 0 Å². The van der Waals surface area contributed by atoms with Crippen molar-refractivity contribution in [3.63, 3.8) is 0 Å². The van der Waals surface area contributed by atoms with Crippen molar-refractivity contribution in [3.05, 3.63) is 99.7 Å². The van der Waals surface area contributed by atoms with Gasteiger partial charge in [-0.3, -0.25) is 4.79 Å². The number of hydrogen-bond acceptors (Lipinski definition) is 8. The van der Waals surface area contributed by atoms with Crippen molar-refractivity contribution in [1.82, 2.24) is 16.1 Å². The molecule has 1 aliphatic heterocycles. The van der Waals surface area contributed by atoms with Gasteiger partial charge in [0.05, 0.1) is 32.0 Å². The Balaban J connectivity index is 1.30. The van der Waals surface area contributed by atoms with Crippen LogP contribution in [0.4, 0.5) is 4.79 Å². The lowest BCUT2D eigenvalue weighted by Gasteiger charge is -2.28. The number of nitrogens with one attached hydrogen (secondary N) is 3. The molecule has 3 aromatic carbocycles. The fourth-order valence-corrected chi connectivity index (χ4v) is 4.19. The number of hydrazone groups is 1. The van der Waals surface area contributed by atoms with E-state index in [0.717, 1.165) is 11.1 Å². The van der Waals surface area contributed by atoms with Gasteiger partial charge in [0.25, 0.3) is 5.91 Å². The number of methoxy groups -OCH3 is 2. The van der Waals surface area contributed by atoms with Crippen LogP contribution >= 0.6 is 11.6 Å². The van der Waals surface area contributed by atoms with Gasteiger partial charge in [-0.15, -0.1) is 0 Å². The van der Waals surface area contributed by atoms with Crippen LogP contribution < -0.4 is 30.3 Å². The van der Waals surface area contributed by atoms with Crippen molar-refractivity contribution >= 4 is 35.7 Å². The summed E-state index contributed by atoms with van der Waals surface area (Å²) in [5, 5.41) is 9.91. The van der Waals surface area contributed by atoms with Crippen LogP contribution in [0.1, 0.15) is 29.7 Å². The van der Waals surface area contributed by atoms with E-state index >= 15 is 0 Å². The molecule has 0 aromatic heterocycles. The molecule has 1 atom stereocenters. The Morgan fingerprint density at radius 1 is 1.00 bits per heavy atom. The number of ether oxygens (including phenoxy) is 4. The number of nitrogens with zero attached hydrogens (tertiary/aromatic N) is 1. The zero-order chi connectivity index (χ0) is 30.1. The van der Waals surface area contributed by atoms with E-state index in [0.29, 0.717) is 34.4 Å². The highest BCUT2D eigenvalue weighted by Gasteiger charge is 2.32. The Labute approximate surface area is 247 Å². The molecule has 3 amide bonds. The summed E-state index contributed by atoms with van der Waals surface area (Å²) in [5.74, 6) is 0.207. The number of carbonyl (C=O) groups is 3. The van der Waals surface area contributed by atoms with Crippen molar-refractivity contribution in [2.75, 3.05) is 20.8 Å². The van der Waals surface area contributed by atoms with Gasteiger partial charge < -0.3 is 29.6 Å². The molecule has 0 spiro atoms. The lowest BCUT2D eigenvalue weighted by molar-refractivity contribution is -0.136. The zero-order valence-electron chi connectivity index (χ0n) is 23.1. The highest BCUT2D eigenvalue weighted by atomic mass is 35.5. The average molecular weight is 593 g/mol. The zero-order valence-corrected chi connectivity index (χ0v) is 23.9. The molecule has 0 unspecified atom stereocenters. The molecule has 0 radical (unpaired) electrons. The van der Waals surface area contributed by atoms with Gasteiger partial charge in [0.15, 0.2) is 18.1 Å². The van der Waals surface area contributed by atoms with Gasteiger partial charge in [-0.1, -0.05) is 29.8 Å². The molecule has 4 rings (SSSR count). The van der Waals surface area contributed by atoms with Crippen LogP contribution in [0, 0.1) is 0 Å². The summed E-state index contributed by atoms with van der Waals surface area (Å²) in [6, 6.07) is 18.3. The van der Waals surface area contributed by atoms with E-state index in [2.05, 4.69) is 21.2 Å². The molecule has 218 valence electrons. The van der Waals surface area contributed by atoms with E-state index in [1.165, 1.54) is 20.4 Å². The fraction of sp³-hybridized carbons (Fsp3) is 0.200. The van der Waals surface area contributed by atoms with Gasteiger partial charge >= 0.3 is 12.0 Å².